The molecule has 1 aliphatic rings. The lowest BCUT2D eigenvalue weighted by molar-refractivity contribution is 0.0995. The van der Waals surface area contributed by atoms with Gasteiger partial charge in [0.05, 0.1) is 11.1 Å². The highest BCUT2D eigenvalue weighted by Crippen LogP contribution is 2.29. The third-order valence-electron chi connectivity index (χ3n) is 6.60. The molecule has 2 heterocycles. The summed E-state index contributed by atoms with van der Waals surface area (Å²) in [5, 5.41) is 20.4. The van der Waals surface area contributed by atoms with E-state index in [1.165, 1.54) is 0 Å². The highest BCUT2D eigenvalue weighted by molar-refractivity contribution is 5.96. The first-order valence-electron chi connectivity index (χ1n) is 11.5. The molecule has 1 saturated carbocycles. The second-order valence-electron chi connectivity index (χ2n) is 9.49. The molecule has 33 heavy (non-hydrogen) atoms. The summed E-state index contributed by atoms with van der Waals surface area (Å²) < 4.78 is 2.00. The number of fused-ring (bicyclic) bond motifs is 1. The summed E-state index contributed by atoms with van der Waals surface area (Å²) in [6.45, 7) is 8.47. The SMILES string of the molecule is CCC(C)(C)n1cc2cc(Nc3nc(N[C@@H]4CCCC[C@@H]4N)nnc3C(N)=O)cc(C)c2n1. The van der Waals surface area contributed by atoms with Crippen molar-refractivity contribution in [2.45, 2.75) is 77.4 Å². The Labute approximate surface area is 193 Å². The lowest BCUT2D eigenvalue weighted by Gasteiger charge is -2.29. The number of hydrogen-bond acceptors (Lipinski definition) is 8. The molecule has 10 nitrogen and oxygen atoms in total. The fourth-order valence-electron chi connectivity index (χ4n) is 4.14. The van der Waals surface area contributed by atoms with Gasteiger partial charge in [0.25, 0.3) is 5.91 Å². The molecule has 6 N–H and O–H groups in total. The minimum absolute atomic E-state index is 0.0194. The summed E-state index contributed by atoms with van der Waals surface area (Å²) in [6.07, 6.45) is 7.13. The maximum absolute atomic E-state index is 12.0. The van der Waals surface area contributed by atoms with Crippen molar-refractivity contribution < 1.29 is 4.79 Å². The van der Waals surface area contributed by atoms with Crippen molar-refractivity contribution in [3.63, 3.8) is 0 Å². The predicted octanol–water partition coefficient (Wildman–Crippen LogP) is 3.20. The van der Waals surface area contributed by atoms with Gasteiger partial charge in [-0.3, -0.25) is 9.48 Å². The number of nitrogens with one attached hydrogen (secondary N) is 2. The minimum Gasteiger partial charge on any atom is -0.364 e. The number of hydrogen-bond donors (Lipinski definition) is 4. The van der Waals surface area contributed by atoms with Gasteiger partial charge in [0.15, 0.2) is 11.5 Å². The standard InChI is InChI=1S/C23H33N9O/c1-5-23(3,4)32-12-14-11-15(10-13(2)18(14)31-32)26-21-19(20(25)33)29-30-22(28-21)27-17-9-7-6-8-16(17)24/h10-12,16-17H,5-9,24H2,1-4H3,(H2,25,33)(H2,26,27,28,30)/t16-,17+/m0/s1. The molecule has 0 unspecified atom stereocenters. The van der Waals surface area contributed by atoms with Crippen molar-refractivity contribution in [2.75, 3.05) is 10.6 Å². The van der Waals surface area contributed by atoms with Crippen LogP contribution in [0, 0.1) is 6.92 Å². The van der Waals surface area contributed by atoms with Crippen LogP contribution < -0.4 is 22.1 Å². The van der Waals surface area contributed by atoms with Crippen molar-refractivity contribution in [3.05, 3.63) is 29.6 Å². The topological polar surface area (TPSA) is 150 Å². The van der Waals surface area contributed by atoms with Crippen LogP contribution in [0.4, 0.5) is 17.5 Å². The average molecular weight is 452 g/mol. The van der Waals surface area contributed by atoms with Gasteiger partial charge in [0.2, 0.25) is 5.95 Å². The zero-order chi connectivity index (χ0) is 23.8. The number of rotatable bonds is 7. The molecule has 0 saturated heterocycles. The first-order valence-corrected chi connectivity index (χ1v) is 11.5. The first kappa shape index (κ1) is 22.9. The van der Waals surface area contributed by atoms with Gasteiger partial charge in [0, 0.05) is 29.4 Å². The predicted molar refractivity (Wildman–Crippen MR) is 130 cm³/mol. The van der Waals surface area contributed by atoms with Crippen LogP contribution in [0.15, 0.2) is 18.3 Å². The second-order valence-corrected chi connectivity index (χ2v) is 9.49. The number of primary amides is 1. The van der Waals surface area contributed by atoms with Crippen molar-refractivity contribution in [3.8, 4) is 0 Å². The van der Waals surface area contributed by atoms with Gasteiger partial charge >= 0.3 is 0 Å². The van der Waals surface area contributed by atoms with Crippen LogP contribution in [0.3, 0.4) is 0 Å². The number of nitrogens with two attached hydrogens (primary N) is 2. The summed E-state index contributed by atoms with van der Waals surface area (Å²) in [7, 11) is 0. The quantitative estimate of drug-likeness (QED) is 0.428. The summed E-state index contributed by atoms with van der Waals surface area (Å²) in [4.78, 5) is 16.5. The maximum atomic E-state index is 12.0. The fraction of sp³-hybridized carbons (Fsp3) is 0.522. The first-order chi connectivity index (χ1) is 15.7. The summed E-state index contributed by atoms with van der Waals surface area (Å²) in [5.41, 5.74) is 14.4. The van der Waals surface area contributed by atoms with E-state index in [-0.39, 0.29) is 29.1 Å². The molecule has 1 amide bonds. The molecule has 1 fully saturated rings. The van der Waals surface area contributed by atoms with Crippen LogP contribution in [0.5, 0.6) is 0 Å². The zero-order valence-electron chi connectivity index (χ0n) is 19.7. The van der Waals surface area contributed by atoms with E-state index in [1.807, 2.05) is 29.9 Å². The Hall–Kier alpha value is -3.27. The Morgan fingerprint density at radius 2 is 2.00 bits per heavy atom. The summed E-state index contributed by atoms with van der Waals surface area (Å²) in [5.74, 6) is -0.127. The van der Waals surface area contributed by atoms with E-state index in [9.17, 15) is 4.79 Å². The van der Waals surface area contributed by atoms with E-state index in [2.05, 4.69) is 46.6 Å². The number of carbonyl (C=O) groups is 1. The maximum Gasteiger partial charge on any atom is 0.273 e. The molecular weight excluding hydrogens is 418 g/mol. The van der Waals surface area contributed by atoms with Gasteiger partial charge in [-0.25, -0.2) is 0 Å². The van der Waals surface area contributed by atoms with Gasteiger partial charge in [-0.05, 0) is 57.7 Å². The number of benzene rings is 1. The van der Waals surface area contributed by atoms with Crippen LogP contribution in [-0.4, -0.2) is 43.0 Å². The minimum atomic E-state index is -0.700. The lowest BCUT2D eigenvalue weighted by atomic mass is 9.91. The van der Waals surface area contributed by atoms with Crippen LogP contribution >= 0.6 is 0 Å². The molecule has 4 rings (SSSR count). The summed E-state index contributed by atoms with van der Waals surface area (Å²) in [6, 6.07) is 4.05. The van der Waals surface area contributed by atoms with Crippen LogP contribution in [0.2, 0.25) is 0 Å². The average Bonchev–Trinajstić information content (AvgIpc) is 3.21. The molecule has 0 bridgehead atoms. The van der Waals surface area contributed by atoms with E-state index < -0.39 is 5.91 Å². The van der Waals surface area contributed by atoms with Gasteiger partial charge in [-0.2, -0.15) is 10.1 Å². The molecule has 3 aromatic rings. The monoisotopic (exact) mass is 451 g/mol. The molecule has 10 heteroatoms. The van der Waals surface area contributed by atoms with E-state index in [1.54, 1.807) is 0 Å². The van der Waals surface area contributed by atoms with Gasteiger partial charge in [0.1, 0.15) is 0 Å². The highest BCUT2D eigenvalue weighted by atomic mass is 16.1. The van der Waals surface area contributed by atoms with Crippen LogP contribution in [0.1, 0.15) is 68.9 Å². The van der Waals surface area contributed by atoms with E-state index >= 15 is 0 Å². The number of nitrogens with zero attached hydrogens (tertiary/aromatic N) is 5. The molecule has 176 valence electrons. The second kappa shape index (κ2) is 8.93. The normalized spacial score (nSPS) is 18.9. The Bertz CT molecular complexity index is 1170. The molecule has 1 aliphatic carbocycles. The number of amides is 1. The highest BCUT2D eigenvalue weighted by Gasteiger charge is 2.24. The molecule has 2 aromatic heterocycles. The number of aryl methyl sites for hydroxylation is 1. The lowest BCUT2D eigenvalue weighted by Crippen LogP contribution is -2.43. The van der Waals surface area contributed by atoms with Crippen molar-refractivity contribution in [1.29, 1.82) is 0 Å². The van der Waals surface area contributed by atoms with Gasteiger partial charge in [-0.15, -0.1) is 10.2 Å². The van der Waals surface area contributed by atoms with E-state index in [4.69, 9.17) is 16.6 Å². The van der Waals surface area contributed by atoms with E-state index in [0.717, 1.165) is 54.3 Å². The molecule has 0 spiro atoms. The molecule has 0 radical (unpaired) electrons. The fourth-order valence-corrected chi connectivity index (χ4v) is 4.14. The Morgan fingerprint density at radius 3 is 2.70 bits per heavy atom. The van der Waals surface area contributed by atoms with Crippen molar-refractivity contribution in [2.24, 2.45) is 11.5 Å². The number of carbonyl (C=O) groups excluding carboxylic acids is 1. The Morgan fingerprint density at radius 1 is 1.24 bits per heavy atom. The molecule has 0 aliphatic heterocycles. The van der Waals surface area contributed by atoms with Crippen molar-refractivity contribution >= 4 is 34.3 Å². The van der Waals surface area contributed by atoms with Gasteiger partial charge in [-0.1, -0.05) is 19.8 Å². The van der Waals surface area contributed by atoms with Gasteiger partial charge < -0.3 is 22.1 Å². The summed E-state index contributed by atoms with van der Waals surface area (Å²) >= 11 is 0. The number of anilines is 3. The number of aromatic nitrogens is 5. The Kier molecular flexibility index (Phi) is 6.20. The molecule has 1 aromatic carbocycles. The Balaban J connectivity index is 1.66. The molecular formula is C23H33N9O. The van der Waals surface area contributed by atoms with Crippen LogP contribution in [-0.2, 0) is 5.54 Å². The molecule has 2 atom stereocenters. The van der Waals surface area contributed by atoms with E-state index in [0.29, 0.717) is 5.95 Å². The smallest absolute Gasteiger partial charge is 0.273 e. The van der Waals surface area contributed by atoms with Crippen molar-refractivity contribution in [1.82, 2.24) is 25.0 Å². The third-order valence-corrected chi connectivity index (χ3v) is 6.60. The zero-order valence-corrected chi connectivity index (χ0v) is 19.7. The largest absolute Gasteiger partial charge is 0.364 e. The third kappa shape index (κ3) is 4.75. The van der Waals surface area contributed by atoms with Crippen LogP contribution in [0.25, 0.3) is 10.9 Å².